The van der Waals surface area contributed by atoms with Crippen LogP contribution >= 0.6 is 0 Å². The Labute approximate surface area is 105 Å². The zero-order valence-electron chi connectivity index (χ0n) is 9.22. The van der Waals surface area contributed by atoms with Gasteiger partial charge in [0.2, 0.25) is 8.40 Å². The van der Waals surface area contributed by atoms with Gasteiger partial charge in [-0.3, -0.25) is 0 Å². The molecule has 0 unspecified atom stereocenters. The molecule has 19 heavy (non-hydrogen) atoms. The van der Waals surface area contributed by atoms with Crippen molar-refractivity contribution in [3.63, 3.8) is 0 Å². The first-order chi connectivity index (χ1) is 7.91. The third-order valence-electron chi connectivity index (χ3n) is 1.39. The van der Waals surface area contributed by atoms with E-state index < -0.39 is 39.5 Å². The van der Waals surface area contributed by atoms with Crippen LogP contribution in [0.4, 0.5) is 26.3 Å². The Morgan fingerprint density at radius 3 is 1.11 bits per heavy atom. The average Bonchev–Trinajstić information content (AvgIpc) is 1.93. The standard InChI is InChI=1S/C4H8F6N2O4S2Si/c1-19(2,11-17(13,14)3(5,6)7)12-18(15,16)4(8,9)10/h11-12H,1-2H3. The van der Waals surface area contributed by atoms with Crippen LogP contribution in [0.25, 0.3) is 0 Å². The summed E-state index contributed by atoms with van der Waals surface area (Å²) >= 11 is 0. The summed E-state index contributed by atoms with van der Waals surface area (Å²) in [5.74, 6) is 0. The molecule has 0 bridgehead atoms. The lowest BCUT2D eigenvalue weighted by atomic mass is 11.6. The van der Waals surface area contributed by atoms with Crippen molar-refractivity contribution in [2.24, 2.45) is 0 Å². The fourth-order valence-electron chi connectivity index (χ4n) is 0.808. The summed E-state index contributed by atoms with van der Waals surface area (Å²) in [6.45, 7) is 1.22. The van der Waals surface area contributed by atoms with Crippen molar-refractivity contribution >= 4 is 28.4 Å². The summed E-state index contributed by atoms with van der Waals surface area (Å²) in [7, 11) is -16.2. The predicted octanol–water partition coefficient (Wildman–Crippen LogP) is 0.567. The molecule has 2 N–H and O–H groups in total. The van der Waals surface area contributed by atoms with E-state index in [0.29, 0.717) is 13.1 Å². The second-order valence-corrected chi connectivity index (χ2v) is 11.6. The molecular weight excluding hydrogens is 346 g/mol. The van der Waals surface area contributed by atoms with Crippen LogP contribution in [0.15, 0.2) is 0 Å². The molecule has 0 aliphatic rings. The van der Waals surface area contributed by atoms with E-state index >= 15 is 0 Å². The molecule has 0 amide bonds. The van der Waals surface area contributed by atoms with Gasteiger partial charge < -0.3 is 0 Å². The van der Waals surface area contributed by atoms with E-state index in [0.717, 1.165) is 8.78 Å². The SMILES string of the molecule is C[Si](C)(NS(=O)(=O)C(F)(F)F)NS(=O)(=O)C(F)(F)F. The minimum absolute atomic E-state index is 0.611. The minimum Gasteiger partial charge on any atom is -0.214 e. The topological polar surface area (TPSA) is 92.3 Å². The molecule has 0 aromatic rings. The molecule has 0 fully saturated rings. The monoisotopic (exact) mass is 354 g/mol. The van der Waals surface area contributed by atoms with Crippen LogP contribution in [0.1, 0.15) is 0 Å². The minimum atomic E-state index is -5.96. The van der Waals surface area contributed by atoms with Gasteiger partial charge in [-0.2, -0.15) is 26.3 Å². The van der Waals surface area contributed by atoms with Crippen molar-refractivity contribution in [1.29, 1.82) is 0 Å². The number of hydrogen-bond donors (Lipinski definition) is 2. The van der Waals surface area contributed by atoms with Crippen LogP contribution < -0.4 is 8.78 Å². The number of alkyl halides is 6. The molecule has 0 heterocycles. The molecule has 0 radical (unpaired) electrons. The van der Waals surface area contributed by atoms with Crippen molar-refractivity contribution < 1.29 is 43.2 Å². The first-order valence-corrected chi connectivity index (χ1v) is 10.1. The molecule has 0 atom stereocenters. The van der Waals surface area contributed by atoms with E-state index in [9.17, 15) is 43.2 Å². The van der Waals surface area contributed by atoms with Crippen LogP contribution in [0.2, 0.25) is 13.1 Å². The quantitative estimate of drug-likeness (QED) is 0.570. The fraction of sp³-hybridized carbons (Fsp3) is 1.00. The van der Waals surface area contributed by atoms with E-state index in [-0.39, 0.29) is 0 Å². The second kappa shape index (κ2) is 4.87. The van der Waals surface area contributed by atoms with Gasteiger partial charge in [-0.05, 0) is 13.1 Å². The van der Waals surface area contributed by atoms with E-state index in [2.05, 4.69) is 0 Å². The Bertz CT molecular complexity index is 487. The van der Waals surface area contributed by atoms with Crippen molar-refractivity contribution in [2.75, 3.05) is 0 Å². The molecule has 15 heteroatoms. The van der Waals surface area contributed by atoms with E-state index in [1.165, 1.54) is 0 Å². The Morgan fingerprint density at radius 1 is 0.737 bits per heavy atom. The Balaban J connectivity index is 5.27. The first-order valence-electron chi connectivity index (χ1n) is 4.12. The number of hydrogen-bond acceptors (Lipinski definition) is 4. The van der Waals surface area contributed by atoms with Crippen molar-refractivity contribution in [3.8, 4) is 0 Å². The van der Waals surface area contributed by atoms with Crippen LogP contribution in [0.3, 0.4) is 0 Å². The predicted molar refractivity (Wildman–Crippen MR) is 53.7 cm³/mol. The zero-order chi connectivity index (χ0) is 15.9. The third kappa shape index (κ3) is 4.90. The van der Waals surface area contributed by atoms with Gasteiger partial charge in [0.05, 0.1) is 0 Å². The molecule has 0 saturated carbocycles. The van der Waals surface area contributed by atoms with Gasteiger partial charge in [0.1, 0.15) is 0 Å². The fourth-order valence-corrected chi connectivity index (χ4v) is 7.65. The maximum Gasteiger partial charge on any atom is 0.510 e. The highest BCUT2D eigenvalue weighted by Crippen LogP contribution is 2.25. The summed E-state index contributed by atoms with van der Waals surface area (Å²) in [6.07, 6.45) is 0. The van der Waals surface area contributed by atoms with Crippen LogP contribution in [0, 0.1) is 0 Å². The van der Waals surface area contributed by atoms with E-state index in [4.69, 9.17) is 0 Å². The van der Waals surface area contributed by atoms with Gasteiger partial charge >= 0.3 is 31.1 Å². The summed E-state index contributed by atoms with van der Waals surface area (Å²) < 4.78 is 117. The number of rotatable bonds is 4. The van der Waals surface area contributed by atoms with E-state index in [1.54, 1.807) is 0 Å². The van der Waals surface area contributed by atoms with Crippen LogP contribution in [0.5, 0.6) is 0 Å². The maximum absolute atomic E-state index is 12.0. The van der Waals surface area contributed by atoms with Gasteiger partial charge in [0.25, 0.3) is 0 Å². The lowest BCUT2D eigenvalue weighted by Gasteiger charge is -2.25. The normalized spacial score (nSPS) is 15.6. The third-order valence-corrected chi connectivity index (χ3v) is 8.84. The van der Waals surface area contributed by atoms with Gasteiger partial charge in [-0.25, -0.2) is 25.6 Å². The molecular formula is C4H8F6N2O4S2Si. The van der Waals surface area contributed by atoms with Crippen molar-refractivity contribution in [1.82, 2.24) is 8.78 Å². The Morgan fingerprint density at radius 2 is 0.947 bits per heavy atom. The van der Waals surface area contributed by atoms with Crippen LogP contribution in [-0.2, 0) is 20.0 Å². The van der Waals surface area contributed by atoms with Gasteiger partial charge in [0.15, 0.2) is 0 Å². The molecule has 116 valence electrons. The summed E-state index contributed by atoms with van der Waals surface area (Å²) in [5.41, 5.74) is -11.5. The Hall–Kier alpha value is -0.383. The lowest BCUT2D eigenvalue weighted by Crippen LogP contribution is -2.64. The van der Waals surface area contributed by atoms with Gasteiger partial charge in [-0.15, -0.1) is 0 Å². The molecule has 0 aliphatic heterocycles. The van der Waals surface area contributed by atoms with Crippen molar-refractivity contribution in [3.05, 3.63) is 0 Å². The highest BCUT2D eigenvalue weighted by Gasteiger charge is 2.53. The lowest BCUT2D eigenvalue weighted by molar-refractivity contribution is -0.0443. The van der Waals surface area contributed by atoms with Gasteiger partial charge in [0, 0.05) is 0 Å². The summed E-state index contributed by atoms with van der Waals surface area (Å²) in [6, 6.07) is 0. The van der Waals surface area contributed by atoms with Crippen molar-refractivity contribution in [2.45, 2.75) is 24.1 Å². The smallest absolute Gasteiger partial charge is 0.214 e. The first kappa shape index (κ1) is 18.6. The maximum atomic E-state index is 12.0. The molecule has 0 aromatic carbocycles. The summed E-state index contributed by atoms with van der Waals surface area (Å²) in [4.78, 5) is 0. The molecule has 0 spiro atoms. The number of nitrogens with one attached hydrogen (secondary N) is 2. The Kier molecular flexibility index (Phi) is 4.77. The number of halogens is 6. The van der Waals surface area contributed by atoms with Crippen LogP contribution in [-0.4, -0.2) is 36.2 Å². The summed E-state index contributed by atoms with van der Waals surface area (Å²) in [5, 5.41) is 0. The molecule has 0 aliphatic carbocycles. The number of sulfonamides is 2. The average molecular weight is 354 g/mol. The van der Waals surface area contributed by atoms with Gasteiger partial charge in [-0.1, -0.05) is 0 Å². The largest absolute Gasteiger partial charge is 0.510 e. The van der Waals surface area contributed by atoms with E-state index in [1.807, 2.05) is 0 Å². The molecule has 6 nitrogen and oxygen atoms in total. The molecule has 0 saturated heterocycles. The second-order valence-electron chi connectivity index (χ2n) is 3.73. The zero-order valence-corrected chi connectivity index (χ0v) is 11.9. The highest BCUT2D eigenvalue weighted by molar-refractivity contribution is 7.93. The highest BCUT2D eigenvalue weighted by atomic mass is 32.2. The molecule has 0 aromatic heterocycles. The molecule has 0 rings (SSSR count).